The molecule has 0 aliphatic rings. The number of nitrogen functional groups attached to an aromatic ring is 1. The predicted molar refractivity (Wildman–Crippen MR) is 66.2 cm³/mol. The second-order valence-electron chi connectivity index (χ2n) is 3.40. The lowest BCUT2D eigenvalue weighted by atomic mass is 10.2. The number of benzene rings is 1. The topological polar surface area (TPSA) is 80.0 Å². The molecule has 0 aliphatic heterocycles. The molecule has 5 nitrogen and oxygen atoms in total. The summed E-state index contributed by atoms with van der Waals surface area (Å²) in [6.07, 6.45) is 3.26. The molecule has 2 rings (SSSR count). The van der Waals surface area contributed by atoms with Crippen LogP contribution in [0.4, 0.5) is 11.4 Å². The van der Waals surface area contributed by atoms with E-state index in [1.807, 2.05) is 0 Å². The van der Waals surface area contributed by atoms with Crippen molar-refractivity contribution < 1.29 is 4.79 Å². The second-order valence-corrected chi connectivity index (χ2v) is 3.40. The van der Waals surface area contributed by atoms with Crippen LogP contribution in [0.2, 0.25) is 0 Å². The number of anilines is 2. The molecule has 0 fully saturated rings. The highest BCUT2D eigenvalue weighted by Gasteiger charge is 2.07. The lowest BCUT2D eigenvalue weighted by molar-refractivity contribution is 0.0963. The smallest absolute Gasteiger partial charge is 0.271 e. The van der Waals surface area contributed by atoms with Gasteiger partial charge in [-0.3, -0.25) is 20.6 Å². The van der Waals surface area contributed by atoms with E-state index >= 15 is 0 Å². The molecule has 0 aliphatic carbocycles. The van der Waals surface area contributed by atoms with Gasteiger partial charge < -0.3 is 5.73 Å². The van der Waals surface area contributed by atoms with Crippen LogP contribution in [0, 0.1) is 0 Å². The minimum Gasteiger partial charge on any atom is -0.398 e. The maximum Gasteiger partial charge on any atom is 0.271 e. The number of para-hydroxylation sites is 1. The quantitative estimate of drug-likeness (QED) is 0.548. The van der Waals surface area contributed by atoms with Crippen molar-refractivity contribution in [3.63, 3.8) is 0 Å². The third-order valence-electron chi connectivity index (χ3n) is 2.21. The molecule has 0 atom stereocenters. The zero-order valence-electron chi connectivity index (χ0n) is 9.05. The number of rotatable bonds is 3. The van der Waals surface area contributed by atoms with Gasteiger partial charge in [-0.2, -0.15) is 0 Å². The monoisotopic (exact) mass is 228 g/mol. The first-order valence-corrected chi connectivity index (χ1v) is 5.08. The van der Waals surface area contributed by atoms with Gasteiger partial charge in [-0.25, -0.2) is 0 Å². The maximum atomic E-state index is 11.8. The summed E-state index contributed by atoms with van der Waals surface area (Å²) in [5.74, 6) is -0.278. The first kappa shape index (κ1) is 10.9. The zero-order chi connectivity index (χ0) is 12.1. The molecule has 0 spiro atoms. The molecule has 5 heteroatoms. The van der Waals surface area contributed by atoms with E-state index < -0.39 is 0 Å². The largest absolute Gasteiger partial charge is 0.398 e. The normalized spacial score (nSPS) is 9.65. The van der Waals surface area contributed by atoms with E-state index in [1.54, 1.807) is 48.8 Å². The van der Waals surface area contributed by atoms with Crippen molar-refractivity contribution in [3.8, 4) is 0 Å². The minimum atomic E-state index is -0.278. The van der Waals surface area contributed by atoms with Crippen molar-refractivity contribution in [2.75, 3.05) is 11.2 Å². The predicted octanol–water partition coefficient (Wildman–Crippen LogP) is 1.42. The van der Waals surface area contributed by atoms with Crippen molar-refractivity contribution >= 4 is 17.3 Å². The van der Waals surface area contributed by atoms with Crippen molar-refractivity contribution in [2.24, 2.45) is 0 Å². The summed E-state index contributed by atoms with van der Waals surface area (Å²) in [7, 11) is 0. The van der Waals surface area contributed by atoms with Crippen LogP contribution >= 0.6 is 0 Å². The summed E-state index contributed by atoms with van der Waals surface area (Å²) in [6.45, 7) is 0. The Morgan fingerprint density at radius 3 is 2.53 bits per heavy atom. The van der Waals surface area contributed by atoms with E-state index in [-0.39, 0.29) is 5.91 Å². The molecule has 1 heterocycles. The zero-order valence-corrected chi connectivity index (χ0v) is 9.05. The highest BCUT2D eigenvalue weighted by Crippen LogP contribution is 2.10. The molecule has 2 aromatic rings. The summed E-state index contributed by atoms with van der Waals surface area (Å²) in [6, 6.07) is 10.4. The molecule has 86 valence electrons. The average Bonchev–Trinajstić information content (AvgIpc) is 2.38. The Morgan fingerprint density at radius 2 is 1.82 bits per heavy atom. The highest BCUT2D eigenvalue weighted by molar-refractivity contribution is 5.99. The molecule has 1 aromatic heterocycles. The summed E-state index contributed by atoms with van der Waals surface area (Å²) in [5.41, 5.74) is 12.7. The average molecular weight is 228 g/mol. The van der Waals surface area contributed by atoms with Crippen LogP contribution in [0.5, 0.6) is 0 Å². The Morgan fingerprint density at radius 1 is 1.12 bits per heavy atom. The Kier molecular flexibility index (Phi) is 3.20. The van der Waals surface area contributed by atoms with E-state index in [4.69, 9.17) is 5.73 Å². The van der Waals surface area contributed by atoms with Gasteiger partial charge in [-0.1, -0.05) is 12.1 Å². The van der Waals surface area contributed by atoms with Crippen molar-refractivity contribution in [1.29, 1.82) is 0 Å². The molecular weight excluding hydrogens is 216 g/mol. The van der Waals surface area contributed by atoms with Crippen LogP contribution in [0.15, 0.2) is 48.8 Å². The fraction of sp³-hybridized carbons (Fsp3) is 0. The first-order chi connectivity index (χ1) is 8.27. The van der Waals surface area contributed by atoms with Crippen LogP contribution in [0.3, 0.4) is 0 Å². The summed E-state index contributed by atoms with van der Waals surface area (Å²) < 4.78 is 0. The molecule has 1 amide bonds. The third-order valence-corrected chi connectivity index (χ3v) is 2.21. The SMILES string of the molecule is Nc1ccccc1C(=O)NNc1ccncc1. The number of hydrogen-bond donors (Lipinski definition) is 3. The van der Waals surface area contributed by atoms with Crippen LogP contribution in [0.25, 0.3) is 0 Å². The Bertz CT molecular complexity index is 513. The molecule has 0 radical (unpaired) electrons. The van der Waals surface area contributed by atoms with Gasteiger partial charge in [-0.05, 0) is 24.3 Å². The molecule has 0 bridgehead atoms. The fourth-order valence-corrected chi connectivity index (χ4v) is 1.34. The Hall–Kier alpha value is -2.56. The molecule has 4 N–H and O–H groups in total. The summed E-state index contributed by atoms with van der Waals surface area (Å²) in [5, 5.41) is 0. The molecule has 17 heavy (non-hydrogen) atoms. The number of carbonyl (C=O) groups is 1. The van der Waals surface area contributed by atoms with Gasteiger partial charge in [0.2, 0.25) is 0 Å². The van der Waals surface area contributed by atoms with Crippen molar-refractivity contribution in [3.05, 3.63) is 54.4 Å². The number of aromatic nitrogens is 1. The van der Waals surface area contributed by atoms with E-state index in [0.717, 1.165) is 5.69 Å². The van der Waals surface area contributed by atoms with Gasteiger partial charge in [0.15, 0.2) is 0 Å². The molecule has 0 saturated carbocycles. The summed E-state index contributed by atoms with van der Waals surface area (Å²) >= 11 is 0. The van der Waals surface area contributed by atoms with Gasteiger partial charge in [0.05, 0.1) is 11.3 Å². The minimum absolute atomic E-state index is 0.278. The second kappa shape index (κ2) is 4.98. The number of carbonyl (C=O) groups excluding carboxylic acids is 1. The van der Waals surface area contributed by atoms with Gasteiger partial charge in [0, 0.05) is 18.1 Å². The highest BCUT2D eigenvalue weighted by atomic mass is 16.2. The molecule has 0 unspecified atom stereocenters. The third kappa shape index (κ3) is 2.72. The Balaban J connectivity index is 2.01. The van der Waals surface area contributed by atoms with Crippen molar-refractivity contribution in [1.82, 2.24) is 10.4 Å². The first-order valence-electron chi connectivity index (χ1n) is 5.08. The van der Waals surface area contributed by atoms with Crippen LogP contribution in [0.1, 0.15) is 10.4 Å². The number of nitrogens with two attached hydrogens (primary N) is 1. The summed E-state index contributed by atoms with van der Waals surface area (Å²) in [4.78, 5) is 15.6. The number of hydrogen-bond acceptors (Lipinski definition) is 4. The number of amides is 1. The number of hydrazine groups is 1. The van der Waals surface area contributed by atoms with Gasteiger partial charge in [0.25, 0.3) is 5.91 Å². The number of nitrogens with one attached hydrogen (secondary N) is 2. The van der Waals surface area contributed by atoms with Crippen LogP contribution < -0.4 is 16.6 Å². The standard InChI is InChI=1S/C12H12N4O/c13-11-4-2-1-3-10(11)12(17)16-15-9-5-7-14-8-6-9/h1-8H,13H2,(H,14,15)(H,16,17). The molecule has 1 aromatic carbocycles. The number of pyridine rings is 1. The van der Waals surface area contributed by atoms with E-state index in [9.17, 15) is 4.79 Å². The Labute approximate surface area is 98.6 Å². The van der Waals surface area contributed by atoms with E-state index in [1.165, 1.54) is 0 Å². The van der Waals surface area contributed by atoms with Gasteiger partial charge in [0.1, 0.15) is 0 Å². The van der Waals surface area contributed by atoms with Gasteiger partial charge in [-0.15, -0.1) is 0 Å². The van der Waals surface area contributed by atoms with E-state index in [2.05, 4.69) is 15.8 Å². The molecular formula is C12H12N4O. The fourth-order valence-electron chi connectivity index (χ4n) is 1.34. The van der Waals surface area contributed by atoms with E-state index in [0.29, 0.717) is 11.3 Å². The van der Waals surface area contributed by atoms with Crippen LogP contribution in [-0.2, 0) is 0 Å². The van der Waals surface area contributed by atoms with Gasteiger partial charge >= 0.3 is 0 Å². The van der Waals surface area contributed by atoms with Crippen LogP contribution in [-0.4, -0.2) is 10.9 Å². The number of nitrogens with zero attached hydrogens (tertiary/aromatic N) is 1. The lowest BCUT2D eigenvalue weighted by Crippen LogP contribution is -2.29. The maximum absolute atomic E-state index is 11.8. The van der Waals surface area contributed by atoms with Crippen molar-refractivity contribution in [2.45, 2.75) is 0 Å². The molecule has 0 saturated heterocycles. The lowest BCUT2D eigenvalue weighted by Gasteiger charge is -2.09.